The van der Waals surface area contributed by atoms with E-state index in [1.165, 1.54) is 9.13 Å². The molecule has 0 heterocycles. The monoisotopic (exact) mass is 318 g/mol. The standard InChI is InChI=1S/C11H15IN2O/c1-13-10(11(15)14-2)7-8-3-5-9(12)6-4-8/h3-6,10,13H,7H2,1-2H3,(H,14,15)/t10-/m0/s1. The van der Waals surface area contributed by atoms with Crippen LogP contribution in [0, 0.1) is 3.57 Å². The summed E-state index contributed by atoms with van der Waals surface area (Å²) in [5.74, 6) is 0.0241. The molecule has 1 atom stereocenters. The number of rotatable bonds is 4. The van der Waals surface area contributed by atoms with E-state index in [4.69, 9.17) is 0 Å². The molecule has 3 nitrogen and oxygen atoms in total. The predicted molar refractivity (Wildman–Crippen MR) is 69.8 cm³/mol. The number of nitrogens with one attached hydrogen (secondary N) is 2. The Labute approximate surface area is 104 Å². The van der Waals surface area contributed by atoms with E-state index < -0.39 is 0 Å². The van der Waals surface area contributed by atoms with Gasteiger partial charge in [0.1, 0.15) is 0 Å². The summed E-state index contributed by atoms with van der Waals surface area (Å²) in [5.41, 5.74) is 1.17. The lowest BCUT2D eigenvalue weighted by atomic mass is 10.1. The van der Waals surface area contributed by atoms with Gasteiger partial charge in [0, 0.05) is 10.6 Å². The molecule has 1 rings (SSSR count). The Hall–Kier alpha value is -0.620. The number of hydrogen-bond acceptors (Lipinski definition) is 2. The molecule has 0 aliphatic carbocycles. The smallest absolute Gasteiger partial charge is 0.237 e. The summed E-state index contributed by atoms with van der Waals surface area (Å²) in [7, 11) is 3.45. The predicted octanol–water partition coefficient (Wildman–Crippen LogP) is 1.17. The molecule has 0 aliphatic rings. The molecule has 2 N–H and O–H groups in total. The Balaban J connectivity index is 2.66. The highest BCUT2D eigenvalue weighted by Crippen LogP contribution is 2.08. The Morgan fingerprint density at radius 1 is 1.33 bits per heavy atom. The molecule has 1 aromatic rings. The molecular weight excluding hydrogens is 303 g/mol. The molecule has 1 aromatic carbocycles. The van der Waals surface area contributed by atoms with Crippen molar-refractivity contribution in [2.75, 3.05) is 14.1 Å². The lowest BCUT2D eigenvalue weighted by Crippen LogP contribution is -2.42. The molecule has 82 valence electrons. The second-order valence-corrected chi connectivity index (χ2v) is 4.53. The minimum Gasteiger partial charge on any atom is -0.358 e. The van der Waals surface area contributed by atoms with Gasteiger partial charge in [-0.05, 0) is 53.8 Å². The number of amides is 1. The molecule has 4 heteroatoms. The Morgan fingerprint density at radius 2 is 1.93 bits per heavy atom. The van der Waals surface area contributed by atoms with Crippen LogP contribution < -0.4 is 10.6 Å². The highest BCUT2D eigenvalue weighted by Gasteiger charge is 2.14. The number of benzene rings is 1. The maximum absolute atomic E-state index is 11.4. The topological polar surface area (TPSA) is 41.1 Å². The molecule has 0 spiro atoms. The fraction of sp³-hybridized carbons (Fsp3) is 0.364. The van der Waals surface area contributed by atoms with Crippen molar-refractivity contribution in [3.8, 4) is 0 Å². The van der Waals surface area contributed by atoms with Gasteiger partial charge in [-0.15, -0.1) is 0 Å². The zero-order valence-corrected chi connectivity index (χ0v) is 11.0. The van der Waals surface area contributed by atoms with Crippen LogP contribution in [0.15, 0.2) is 24.3 Å². The normalized spacial score (nSPS) is 12.2. The van der Waals surface area contributed by atoms with Crippen LogP contribution in [0.4, 0.5) is 0 Å². The van der Waals surface area contributed by atoms with Gasteiger partial charge < -0.3 is 10.6 Å². The second kappa shape index (κ2) is 6.07. The highest BCUT2D eigenvalue weighted by atomic mass is 127. The fourth-order valence-electron chi connectivity index (χ4n) is 1.36. The van der Waals surface area contributed by atoms with Crippen molar-refractivity contribution in [2.24, 2.45) is 0 Å². The molecule has 0 bridgehead atoms. The molecule has 1 amide bonds. The third-order valence-corrected chi connectivity index (χ3v) is 2.98. The summed E-state index contributed by atoms with van der Waals surface area (Å²) >= 11 is 2.27. The molecule has 15 heavy (non-hydrogen) atoms. The van der Waals surface area contributed by atoms with Crippen LogP contribution in [0.5, 0.6) is 0 Å². The average Bonchev–Trinajstić information content (AvgIpc) is 2.27. The molecule has 0 aliphatic heterocycles. The first-order valence-electron chi connectivity index (χ1n) is 4.80. The van der Waals surface area contributed by atoms with Crippen LogP contribution in [0.2, 0.25) is 0 Å². The molecule has 0 fully saturated rings. The van der Waals surface area contributed by atoms with Gasteiger partial charge in [-0.2, -0.15) is 0 Å². The van der Waals surface area contributed by atoms with Crippen LogP contribution >= 0.6 is 22.6 Å². The van der Waals surface area contributed by atoms with Gasteiger partial charge >= 0.3 is 0 Å². The van der Waals surface area contributed by atoms with Crippen LogP contribution in [0.25, 0.3) is 0 Å². The quantitative estimate of drug-likeness (QED) is 0.818. The van der Waals surface area contributed by atoms with Crippen molar-refractivity contribution >= 4 is 28.5 Å². The summed E-state index contributed by atoms with van der Waals surface area (Å²) in [5, 5.41) is 5.65. The zero-order chi connectivity index (χ0) is 11.3. The van der Waals surface area contributed by atoms with Crippen molar-refractivity contribution in [3.05, 3.63) is 33.4 Å². The Morgan fingerprint density at radius 3 is 2.40 bits per heavy atom. The minimum absolute atomic E-state index is 0.0241. The molecule has 0 saturated carbocycles. The summed E-state index contributed by atoms with van der Waals surface area (Å²) < 4.78 is 1.21. The number of carbonyl (C=O) groups excluding carboxylic acids is 1. The largest absolute Gasteiger partial charge is 0.358 e. The van der Waals surface area contributed by atoms with E-state index in [1.807, 2.05) is 12.1 Å². The van der Waals surface area contributed by atoms with Crippen LogP contribution in [0.3, 0.4) is 0 Å². The van der Waals surface area contributed by atoms with Gasteiger partial charge in [-0.3, -0.25) is 4.79 Å². The summed E-state index contributed by atoms with van der Waals surface area (Å²) in [6.07, 6.45) is 0.715. The van der Waals surface area contributed by atoms with Gasteiger partial charge in [-0.25, -0.2) is 0 Å². The molecule has 0 saturated heterocycles. The third kappa shape index (κ3) is 3.79. The number of carbonyl (C=O) groups is 1. The molecule has 0 unspecified atom stereocenters. The number of halogens is 1. The molecule has 0 aromatic heterocycles. The lowest BCUT2D eigenvalue weighted by Gasteiger charge is -2.14. The first kappa shape index (κ1) is 12.4. The zero-order valence-electron chi connectivity index (χ0n) is 8.88. The maximum atomic E-state index is 11.4. The summed E-state index contributed by atoms with van der Waals surface area (Å²) in [6.45, 7) is 0. The van der Waals surface area contributed by atoms with E-state index in [-0.39, 0.29) is 11.9 Å². The van der Waals surface area contributed by atoms with Gasteiger partial charge in [0.2, 0.25) is 5.91 Å². The van der Waals surface area contributed by atoms with Crippen molar-refractivity contribution in [2.45, 2.75) is 12.5 Å². The van der Waals surface area contributed by atoms with Crippen molar-refractivity contribution < 1.29 is 4.79 Å². The van der Waals surface area contributed by atoms with Gasteiger partial charge in [0.25, 0.3) is 0 Å². The molecule has 0 radical (unpaired) electrons. The van der Waals surface area contributed by atoms with E-state index in [2.05, 4.69) is 45.4 Å². The summed E-state index contributed by atoms with van der Waals surface area (Å²) in [4.78, 5) is 11.4. The van der Waals surface area contributed by atoms with Gasteiger partial charge in [0.15, 0.2) is 0 Å². The SMILES string of the molecule is CNC(=O)[C@H](Cc1ccc(I)cc1)NC. The van der Waals surface area contributed by atoms with Crippen molar-refractivity contribution in [3.63, 3.8) is 0 Å². The van der Waals surface area contributed by atoms with Crippen LogP contribution in [-0.2, 0) is 11.2 Å². The van der Waals surface area contributed by atoms with E-state index in [1.54, 1.807) is 14.1 Å². The van der Waals surface area contributed by atoms with E-state index >= 15 is 0 Å². The first-order valence-corrected chi connectivity index (χ1v) is 5.88. The number of likely N-dealkylation sites (N-methyl/N-ethyl adjacent to an activating group) is 2. The summed E-state index contributed by atoms with van der Waals surface area (Å²) in [6, 6.07) is 8.04. The van der Waals surface area contributed by atoms with Crippen LogP contribution in [-0.4, -0.2) is 26.0 Å². The van der Waals surface area contributed by atoms with E-state index in [0.717, 1.165) is 0 Å². The van der Waals surface area contributed by atoms with E-state index in [0.29, 0.717) is 6.42 Å². The Kier molecular flexibility index (Phi) is 5.04. The molecular formula is C11H15IN2O. The lowest BCUT2D eigenvalue weighted by molar-refractivity contribution is -0.122. The van der Waals surface area contributed by atoms with Crippen LogP contribution in [0.1, 0.15) is 5.56 Å². The Bertz CT molecular complexity index is 324. The minimum atomic E-state index is -0.157. The third-order valence-electron chi connectivity index (χ3n) is 2.26. The average molecular weight is 318 g/mol. The van der Waals surface area contributed by atoms with Crippen molar-refractivity contribution in [1.82, 2.24) is 10.6 Å². The van der Waals surface area contributed by atoms with Gasteiger partial charge in [0.05, 0.1) is 6.04 Å². The van der Waals surface area contributed by atoms with E-state index in [9.17, 15) is 4.79 Å². The number of hydrogen-bond donors (Lipinski definition) is 2. The highest BCUT2D eigenvalue weighted by molar-refractivity contribution is 14.1. The van der Waals surface area contributed by atoms with Gasteiger partial charge in [-0.1, -0.05) is 12.1 Å². The second-order valence-electron chi connectivity index (χ2n) is 3.29. The first-order chi connectivity index (χ1) is 7.17. The van der Waals surface area contributed by atoms with Crippen molar-refractivity contribution in [1.29, 1.82) is 0 Å². The maximum Gasteiger partial charge on any atom is 0.237 e. The fourth-order valence-corrected chi connectivity index (χ4v) is 1.72.